The number of hydrogen-bond acceptors (Lipinski definition) is 4. The fourth-order valence-corrected chi connectivity index (χ4v) is 2.85. The lowest BCUT2D eigenvalue weighted by Gasteiger charge is -2.15. The first-order valence-corrected chi connectivity index (χ1v) is 8.25. The highest BCUT2D eigenvalue weighted by atomic mass is 16.5. The molecule has 128 valence electrons. The molecular formula is C18H28N2O3. The van der Waals surface area contributed by atoms with Gasteiger partial charge in [0, 0.05) is 26.1 Å². The molecule has 1 aromatic carbocycles. The lowest BCUT2D eigenvalue weighted by Crippen LogP contribution is -2.30. The van der Waals surface area contributed by atoms with Crippen LogP contribution >= 0.6 is 0 Å². The second-order valence-electron chi connectivity index (χ2n) is 6.13. The highest BCUT2D eigenvalue weighted by Crippen LogP contribution is 2.50. The number of methoxy groups -OCH3 is 2. The molecule has 0 heterocycles. The third kappa shape index (κ3) is 5.22. The highest BCUT2D eigenvalue weighted by Gasteiger charge is 2.44. The van der Waals surface area contributed by atoms with Gasteiger partial charge in [-0.15, -0.1) is 0 Å². The molecule has 23 heavy (non-hydrogen) atoms. The van der Waals surface area contributed by atoms with Crippen LogP contribution in [0.3, 0.4) is 0 Å². The van der Waals surface area contributed by atoms with Gasteiger partial charge in [0.15, 0.2) is 0 Å². The van der Waals surface area contributed by atoms with Gasteiger partial charge >= 0.3 is 0 Å². The molecule has 1 amide bonds. The molecule has 0 aliphatic heterocycles. The van der Waals surface area contributed by atoms with Crippen molar-refractivity contribution in [2.24, 2.45) is 5.92 Å². The Labute approximate surface area is 139 Å². The van der Waals surface area contributed by atoms with E-state index in [4.69, 9.17) is 9.47 Å². The van der Waals surface area contributed by atoms with Crippen LogP contribution in [0.4, 0.5) is 0 Å². The first-order valence-electron chi connectivity index (χ1n) is 8.25. The van der Waals surface area contributed by atoms with Crippen molar-refractivity contribution in [1.29, 1.82) is 0 Å². The summed E-state index contributed by atoms with van der Waals surface area (Å²) in [5.74, 6) is 1.45. The van der Waals surface area contributed by atoms with E-state index in [1.54, 1.807) is 14.2 Å². The number of hydrogen-bond donors (Lipinski definition) is 1. The molecule has 0 spiro atoms. The van der Waals surface area contributed by atoms with Gasteiger partial charge in [-0.2, -0.15) is 0 Å². The number of ether oxygens (including phenoxy) is 2. The molecule has 0 radical (unpaired) electrons. The van der Waals surface area contributed by atoms with Gasteiger partial charge in [-0.1, -0.05) is 18.2 Å². The van der Waals surface area contributed by atoms with Crippen molar-refractivity contribution < 1.29 is 14.3 Å². The molecule has 1 aliphatic carbocycles. The number of benzene rings is 1. The van der Waals surface area contributed by atoms with Crippen LogP contribution in [-0.2, 0) is 9.53 Å². The predicted molar refractivity (Wildman–Crippen MR) is 90.8 cm³/mol. The highest BCUT2D eigenvalue weighted by molar-refractivity contribution is 5.83. The number of amides is 1. The Balaban J connectivity index is 1.68. The first-order chi connectivity index (χ1) is 11.2. The van der Waals surface area contributed by atoms with Gasteiger partial charge in [-0.3, -0.25) is 4.79 Å². The number of rotatable bonds is 10. The van der Waals surface area contributed by atoms with Crippen LogP contribution in [0, 0.1) is 5.92 Å². The normalized spacial score (nSPS) is 19.7. The lowest BCUT2D eigenvalue weighted by molar-refractivity contribution is -0.122. The Hall–Kier alpha value is -1.59. The number of nitrogens with zero attached hydrogens (tertiary/aromatic N) is 1. The van der Waals surface area contributed by atoms with Crippen LogP contribution in [0.25, 0.3) is 0 Å². The Bertz CT molecular complexity index is 507. The van der Waals surface area contributed by atoms with Crippen molar-refractivity contribution in [3.8, 4) is 5.75 Å². The zero-order valence-electron chi connectivity index (χ0n) is 14.4. The summed E-state index contributed by atoms with van der Waals surface area (Å²) in [6.07, 6.45) is 1.87. The maximum Gasteiger partial charge on any atom is 0.223 e. The van der Waals surface area contributed by atoms with E-state index in [0.717, 1.165) is 50.4 Å². The van der Waals surface area contributed by atoms with Gasteiger partial charge in [-0.05, 0) is 44.0 Å². The number of likely N-dealkylation sites (N-methyl/N-ethyl adjacent to an activating group) is 1. The van der Waals surface area contributed by atoms with Crippen molar-refractivity contribution in [3.63, 3.8) is 0 Å². The molecule has 2 rings (SSSR count). The van der Waals surface area contributed by atoms with Crippen molar-refractivity contribution in [1.82, 2.24) is 10.2 Å². The van der Waals surface area contributed by atoms with Crippen LogP contribution in [-0.4, -0.2) is 58.3 Å². The number of para-hydroxylation sites is 1. The number of carbonyl (C=O) groups excluding carboxylic acids is 1. The smallest absolute Gasteiger partial charge is 0.223 e. The van der Waals surface area contributed by atoms with E-state index >= 15 is 0 Å². The molecule has 1 N–H and O–H groups in total. The molecule has 1 aromatic rings. The molecule has 1 aliphatic rings. The zero-order valence-corrected chi connectivity index (χ0v) is 14.4. The van der Waals surface area contributed by atoms with Crippen LogP contribution in [0.2, 0.25) is 0 Å². The SMILES string of the molecule is COCCN(C)CCCNC(=O)[C@H]1C[C@@H]1c1ccccc1OC. The van der Waals surface area contributed by atoms with Gasteiger partial charge in [0.25, 0.3) is 0 Å². The van der Waals surface area contributed by atoms with Gasteiger partial charge in [0.05, 0.1) is 13.7 Å². The van der Waals surface area contributed by atoms with Gasteiger partial charge in [-0.25, -0.2) is 0 Å². The molecule has 0 unspecified atom stereocenters. The summed E-state index contributed by atoms with van der Waals surface area (Å²) in [6, 6.07) is 7.97. The van der Waals surface area contributed by atoms with Crippen LogP contribution in [0.1, 0.15) is 24.3 Å². The maximum absolute atomic E-state index is 12.2. The zero-order chi connectivity index (χ0) is 16.7. The van der Waals surface area contributed by atoms with E-state index in [9.17, 15) is 4.79 Å². The second kappa shape index (κ2) is 8.89. The third-order valence-electron chi connectivity index (χ3n) is 4.36. The summed E-state index contributed by atoms with van der Waals surface area (Å²) in [5.41, 5.74) is 1.15. The maximum atomic E-state index is 12.2. The summed E-state index contributed by atoms with van der Waals surface area (Å²) in [5, 5.41) is 3.06. The third-order valence-corrected chi connectivity index (χ3v) is 4.36. The van der Waals surface area contributed by atoms with E-state index in [-0.39, 0.29) is 11.8 Å². The Morgan fingerprint density at radius 1 is 1.30 bits per heavy atom. The van der Waals surface area contributed by atoms with E-state index in [2.05, 4.69) is 23.3 Å². The minimum Gasteiger partial charge on any atom is -0.496 e. The van der Waals surface area contributed by atoms with Crippen LogP contribution < -0.4 is 10.1 Å². The first kappa shape index (κ1) is 17.8. The van der Waals surface area contributed by atoms with Gasteiger partial charge in [0.2, 0.25) is 5.91 Å². The summed E-state index contributed by atoms with van der Waals surface area (Å²) < 4.78 is 10.4. The predicted octanol–water partition coefficient (Wildman–Crippen LogP) is 1.88. The molecule has 1 saturated carbocycles. The summed E-state index contributed by atoms with van der Waals surface area (Å²) in [6.45, 7) is 3.35. The average Bonchev–Trinajstić information content (AvgIpc) is 3.37. The second-order valence-corrected chi connectivity index (χ2v) is 6.13. The molecule has 1 fully saturated rings. The Kier molecular flexibility index (Phi) is 6.86. The molecule has 0 bridgehead atoms. The Morgan fingerprint density at radius 3 is 2.83 bits per heavy atom. The summed E-state index contributed by atoms with van der Waals surface area (Å²) in [4.78, 5) is 14.4. The summed E-state index contributed by atoms with van der Waals surface area (Å²) >= 11 is 0. The van der Waals surface area contributed by atoms with Crippen LogP contribution in [0.15, 0.2) is 24.3 Å². The molecule has 0 aromatic heterocycles. The molecular weight excluding hydrogens is 292 g/mol. The average molecular weight is 320 g/mol. The largest absolute Gasteiger partial charge is 0.496 e. The van der Waals surface area contributed by atoms with E-state index < -0.39 is 0 Å². The minimum atomic E-state index is 0.0949. The van der Waals surface area contributed by atoms with Crippen molar-refractivity contribution in [3.05, 3.63) is 29.8 Å². The van der Waals surface area contributed by atoms with E-state index in [1.807, 2.05) is 18.2 Å². The molecule has 5 heteroatoms. The topological polar surface area (TPSA) is 50.8 Å². The monoisotopic (exact) mass is 320 g/mol. The van der Waals surface area contributed by atoms with Gasteiger partial charge < -0.3 is 19.7 Å². The fourth-order valence-electron chi connectivity index (χ4n) is 2.85. The van der Waals surface area contributed by atoms with Crippen molar-refractivity contribution in [2.75, 3.05) is 47.5 Å². The quantitative estimate of drug-likeness (QED) is 0.669. The molecule has 2 atom stereocenters. The van der Waals surface area contributed by atoms with Crippen molar-refractivity contribution in [2.45, 2.75) is 18.8 Å². The van der Waals surface area contributed by atoms with E-state index in [1.165, 1.54) is 0 Å². The number of carbonyl (C=O) groups is 1. The van der Waals surface area contributed by atoms with E-state index in [0.29, 0.717) is 5.92 Å². The lowest BCUT2D eigenvalue weighted by atomic mass is 10.1. The molecule has 5 nitrogen and oxygen atoms in total. The van der Waals surface area contributed by atoms with Crippen LogP contribution in [0.5, 0.6) is 5.75 Å². The summed E-state index contributed by atoms with van der Waals surface area (Å²) in [7, 11) is 5.46. The Morgan fingerprint density at radius 2 is 2.09 bits per heavy atom. The standard InChI is InChI=1S/C18H28N2O3/c1-20(11-12-22-2)10-6-9-19-18(21)16-13-15(16)14-7-4-5-8-17(14)23-3/h4-5,7-8,15-16H,6,9-13H2,1-3H3,(H,19,21)/t15-,16+/m1/s1. The molecule has 0 saturated heterocycles. The number of nitrogens with one attached hydrogen (secondary N) is 1. The van der Waals surface area contributed by atoms with Gasteiger partial charge in [0.1, 0.15) is 5.75 Å². The fraction of sp³-hybridized carbons (Fsp3) is 0.611. The minimum absolute atomic E-state index is 0.0949. The van der Waals surface area contributed by atoms with Crippen molar-refractivity contribution >= 4 is 5.91 Å².